The molecule has 6 nitrogen and oxygen atoms in total. The molecule has 0 saturated heterocycles. The minimum atomic E-state index is -0.617. The van der Waals surface area contributed by atoms with E-state index in [2.05, 4.69) is 20.6 Å². The van der Waals surface area contributed by atoms with Gasteiger partial charge in [0.1, 0.15) is 11.9 Å². The van der Waals surface area contributed by atoms with E-state index >= 15 is 0 Å². The second-order valence-corrected chi connectivity index (χ2v) is 6.53. The fourth-order valence-corrected chi connectivity index (χ4v) is 3.04. The number of hydrogen-bond donors (Lipinski definition) is 2. The van der Waals surface area contributed by atoms with E-state index in [0.717, 1.165) is 31.1 Å². The Morgan fingerprint density at radius 2 is 2.04 bits per heavy atom. The number of pyridine rings is 2. The largest absolute Gasteiger partial charge is 0.344 e. The van der Waals surface area contributed by atoms with Crippen LogP contribution in [0.15, 0.2) is 24.4 Å². The number of hydrogen-bond acceptors (Lipinski definition) is 4. The van der Waals surface area contributed by atoms with Gasteiger partial charge in [0, 0.05) is 17.5 Å². The van der Waals surface area contributed by atoms with E-state index in [1.54, 1.807) is 25.1 Å². The molecular formula is C17H19ClN4O2. The lowest BCUT2D eigenvalue weighted by Gasteiger charge is -2.16. The van der Waals surface area contributed by atoms with Gasteiger partial charge in [0.05, 0.1) is 5.02 Å². The first-order valence-electron chi connectivity index (χ1n) is 8.06. The van der Waals surface area contributed by atoms with Gasteiger partial charge >= 0.3 is 0 Å². The summed E-state index contributed by atoms with van der Waals surface area (Å²) in [5.74, 6) is 0.0809. The van der Waals surface area contributed by atoms with Gasteiger partial charge in [-0.15, -0.1) is 0 Å². The van der Waals surface area contributed by atoms with E-state index in [1.165, 1.54) is 6.20 Å². The number of halogens is 1. The molecule has 1 unspecified atom stereocenters. The Hall–Kier alpha value is -2.21. The summed E-state index contributed by atoms with van der Waals surface area (Å²) >= 11 is 5.89. The standard InChI is InChI=1S/C17H19ClN4O2/c1-10(20-17(24)11-4-2-3-5-11)16(23)22-14-7-6-12-8-13(18)9-19-15(12)21-14/h6-11H,2-5H2,1H3,(H,20,24)(H,19,21,22,23). The Bertz CT molecular complexity index is 774. The predicted octanol–water partition coefficient (Wildman–Crippen LogP) is 2.92. The van der Waals surface area contributed by atoms with Crippen LogP contribution in [0.4, 0.5) is 5.82 Å². The predicted molar refractivity (Wildman–Crippen MR) is 92.7 cm³/mol. The average molecular weight is 347 g/mol. The molecule has 0 aliphatic heterocycles. The minimum absolute atomic E-state index is 0.0352. The van der Waals surface area contributed by atoms with Crippen LogP contribution in [-0.4, -0.2) is 27.8 Å². The number of anilines is 1. The monoisotopic (exact) mass is 346 g/mol. The van der Waals surface area contributed by atoms with Crippen LogP contribution in [0.2, 0.25) is 5.02 Å². The molecule has 3 rings (SSSR count). The van der Waals surface area contributed by atoms with Crippen LogP contribution in [0.3, 0.4) is 0 Å². The van der Waals surface area contributed by atoms with Gasteiger partial charge in [-0.25, -0.2) is 9.97 Å². The maximum absolute atomic E-state index is 12.2. The third kappa shape index (κ3) is 3.82. The van der Waals surface area contributed by atoms with E-state index in [1.807, 2.05) is 0 Å². The molecule has 1 aliphatic carbocycles. The van der Waals surface area contributed by atoms with Crippen LogP contribution in [-0.2, 0) is 9.59 Å². The van der Waals surface area contributed by atoms with Gasteiger partial charge < -0.3 is 10.6 Å². The highest BCUT2D eigenvalue weighted by atomic mass is 35.5. The highest BCUT2D eigenvalue weighted by Crippen LogP contribution is 2.24. The quantitative estimate of drug-likeness (QED) is 0.891. The molecular weight excluding hydrogens is 328 g/mol. The smallest absolute Gasteiger partial charge is 0.247 e. The average Bonchev–Trinajstić information content (AvgIpc) is 3.09. The fourth-order valence-electron chi connectivity index (χ4n) is 2.87. The normalized spacial score (nSPS) is 16.1. The maximum atomic E-state index is 12.2. The highest BCUT2D eigenvalue weighted by molar-refractivity contribution is 6.31. The zero-order valence-corrected chi connectivity index (χ0v) is 14.1. The summed E-state index contributed by atoms with van der Waals surface area (Å²) in [6, 6.07) is 4.61. The van der Waals surface area contributed by atoms with Crippen molar-refractivity contribution in [3.8, 4) is 0 Å². The van der Waals surface area contributed by atoms with E-state index < -0.39 is 6.04 Å². The molecule has 2 heterocycles. The van der Waals surface area contributed by atoms with Gasteiger partial charge in [-0.05, 0) is 38.0 Å². The van der Waals surface area contributed by atoms with Crippen LogP contribution in [0, 0.1) is 5.92 Å². The van der Waals surface area contributed by atoms with E-state index in [4.69, 9.17) is 11.6 Å². The number of carbonyl (C=O) groups is 2. The zero-order chi connectivity index (χ0) is 17.1. The van der Waals surface area contributed by atoms with Crippen molar-refractivity contribution >= 4 is 40.3 Å². The number of amides is 2. The van der Waals surface area contributed by atoms with E-state index in [9.17, 15) is 9.59 Å². The molecule has 2 N–H and O–H groups in total. The lowest BCUT2D eigenvalue weighted by atomic mass is 10.1. The lowest BCUT2D eigenvalue weighted by molar-refractivity contribution is -0.128. The van der Waals surface area contributed by atoms with Crippen molar-refractivity contribution in [2.75, 3.05) is 5.32 Å². The van der Waals surface area contributed by atoms with E-state index in [0.29, 0.717) is 16.5 Å². The minimum Gasteiger partial charge on any atom is -0.344 e. The van der Waals surface area contributed by atoms with Crippen molar-refractivity contribution < 1.29 is 9.59 Å². The molecule has 0 aromatic carbocycles. The second-order valence-electron chi connectivity index (χ2n) is 6.10. The van der Waals surface area contributed by atoms with Crippen molar-refractivity contribution in [2.45, 2.75) is 38.6 Å². The topological polar surface area (TPSA) is 84.0 Å². The van der Waals surface area contributed by atoms with Gasteiger partial charge in [-0.3, -0.25) is 9.59 Å². The van der Waals surface area contributed by atoms with Crippen LogP contribution < -0.4 is 10.6 Å². The van der Waals surface area contributed by atoms with Crippen molar-refractivity contribution in [3.63, 3.8) is 0 Å². The fraction of sp³-hybridized carbons (Fsp3) is 0.412. The van der Waals surface area contributed by atoms with Crippen LogP contribution in [0.1, 0.15) is 32.6 Å². The highest BCUT2D eigenvalue weighted by Gasteiger charge is 2.25. The summed E-state index contributed by atoms with van der Waals surface area (Å²) < 4.78 is 0. The number of aromatic nitrogens is 2. The molecule has 0 spiro atoms. The molecule has 2 aromatic rings. The molecule has 0 bridgehead atoms. The van der Waals surface area contributed by atoms with Crippen LogP contribution >= 0.6 is 11.6 Å². The number of carbonyl (C=O) groups excluding carboxylic acids is 2. The summed E-state index contributed by atoms with van der Waals surface area (Å²) in [5.41, 5.74) is 0.500. The number of rotatable bonds is 4. The van der Waals surface area contributed by atoms with Gasteiger partial charge in [0.15, 0.2) is 5.65 Å². The Morgan fingerprint density at radius 3 is 2.79 bits per heavy atom. The van der Waals surface area contributed by atoms with Crippen LogP contribution in [0.5, 0.6) is 0 Å². The van der Waals surface area contributed by atoms with Gasteiger partial charge in [-0.1, -0.05) is 24.4 Å². The Balaban J connectivity index is 1.63. The number of fused-ring (bicyclic) bond motifs is 1. The molecule has 1 aliphatic rings. The summed E-state index contributed by atoms with van der Waals surface area (Å²) in [6.07, 6.45) is 5.47. The first-order chi connectivity index (χ1) is 11.5. The molecule has 24 heavy (non-hydrogen) atoms. The first kappa shape index (κ1) is 16.6. The molecule has 2 amide bonds. The van der Waals surface area contributed by atoms with E-state index in [-0.39, 0.29) is 17.7 Å². The SMILES string of the molecule is CC(NC(=O)C1CCCC1)C(=O)Nc1ccc2cc(Cl)cnc2n1. The molecule has 7 heteroatoms. The zero-order valence-electron chi connectivity index (χ0n) is 13.4. The lowest BCUT2D eigenvalue weighted by Crippen LogP contribution is -2.43. The molecule has 0 radical (unpaired) electrons. The summed E-state index contributed by atoms with van der Waals surface area (Å²) in [5, 5.41) is 6.81. The Labute approximate surface area is 145 Å². The Kier molecular flexibility index (Phi) is 4.94. The summed E-state index contributed by atoms with van der Waals surface area (Å²) in [6.45, 7) is 1.67. The molecule has 2 aromatic heterocycles. The third-order valence-electron chi connectivity index (χ3n) is 4.24. The van der Waals surface area contributed by atoms with Gasteiger partial charge in [0.25, 0.3) is 0 Å². The van der Waals surface area contributed by atoms with Gasteiger partial charge in [0.2, 0.25) is 11.8 Å². The van der Waals surface area contributed by atoms with Crippen LogP contribution in [0.25, 0.3) is 11.0 Å². The number of nitrogens with one attached hydrogen (secondary N) is 2. The molecule has 1 atom stereocenters. The number of nitrogens with zero attached hydrogens (tertiary/aromatic N) is 2. The second kappa shape index (κ2) is 7.13. The van der Waals surface area contributed by atoms with Crippen molar-refractivity contribution in [2.24, 2.45) is 5.92 Å². The molecule has 1 fully saturated rings. The third-order valence-corrected chi connectivity index (χ3v) is 4.44. The van der Waals surface area contributed by atoms with Crippen molar-refractivity contribution in [1.29, 1.82) is 0 Å². The molecule has 1 saturated carbocycles. The van der Waals surface area contributed by atoms with Crippen molar-refractivity contribution in [1.82, 2.24) is 15.3 Å². The molecule has 126 valence electrons. The Morgan fingerprint density at radius 1 is 1.29 bits per heavy atom. The summed E-state index contributed by atoms with van der Waals surface area (Å²) in [7, 11) is 0. The first-order valence-corrected chi connectivity index (χ1v) is 8.44. The summed E-state index contributed by atoms with van der Waals surface area (Å²) in [4.78, 5) is 32.7. The van der Waals surface area contributed by atoms with Crippen molar-refractivity contribution in [3.05, 3.63) is 29.4 Å². The maximum Gasteiger partial charge on any atom is 0.247 e. The van der Waals surface area contributed by atoms with Gasteiger partial charge in [-0.2, -0.15) is 0 Å².